The highest BCUT2D eigenvalue weighted by molar-refractivity contribution is 9.10. The first-order chi connectivity index (χ1) is 14.5. The van der Waals surface area contributed by atoms with Crippen LogP contribution < -0.4 is 19.5 Å². The van der Waals surface area contributed by atoms with E-state index in [2.05, 4.69) is 21.2 Å². The smallest absolute Gasteiger partial charge is 0.167 e. The molecule has 0 saturated carbocycles. The van der Waals surface area contributed by atoms with Crippen molar-refractivity contribution >= 4 is 39.1 Å². The van der Waals surface area contributed by atoms with Crippen molar-refractivity contribution in [2.75, 3.05) is 14.2 Å². The number of benzene rings is 3. The third kappa shape index (κ3) is 5.61. The molecular weight excluding hydrogens is 489 g/mol. The summed E-state index contributed by atoms with van der Waals surface area (Å²) in [6.45, 7) is 1.57. The van der Waals surface area contributed by atoms with Crippen molar-refractivity contribution in [2.45, 2.75) is 19.7 Å². The van der Waals surface area contributed by atoms with Crippen LogP contribution in [0.5, 0.6) is 17.2 Å². The van der Waals surface area contributed by atoms with Crippen molar-refractivity contribution < 1.29 is 14.2 Å². The molecule has 0 saturated heterocycles. The molecule has 30 heavy (non-hydrogen) atoms. The maximum Gasteiger partial charge on any atom is 0.167 e. The first-order valence-corrected chi connectivity index (χ1v) is 10.8. The number of ether oxygens (including phenoxy) is 3. The number of rotatable bonds is 9. The molecule has 0 aliphatic rings. The number of para-hydroxylation sites is 1. The van der Waals surface area contributed by atoms with E-state index in [0.29, 0.717) is 41.2 Å². The molecule has 0 aliphatic heterocycles. The predicted molar refractivity (Wildman–Crippen MR) is 125 cm³/mol. The molecule has 0 unspecified atom stereocenters. The number of nitrogens with one attached hydrogen (secondary N) is 1. The van der Waals surface area contributed by atoms with Crippen molar-refractivity contribution in [3.63, 3.8) is 0 Å². The molecule has 0 fully saturated rings. The summed E-state index contributed by atoms with van der Waals surface area (Å²) >= 11 is 15.8. The number of methoxy groups -OCH3 is 2. The third-order valence-corrected chi connectivity index (χ3v) is 6.05. The Hall–Kier alpha value is -1.92. The van der Waals surface area contributed by atoms with E-state index < -0.39 is 0 Å². The minimum absolute atomic E-state index is 0.337. The van der Waals surface area contributed by atoms with E-state index in [1.54, 1.807) is 26.4 Å². The Morgan fingerprint density at radius 3 is 2.37 bits per heavy atom. The summed E-state index contributed by atoms with van der Waals surface area (Å²) in [6.07, 6.45) is 0. The molecular formula is C23H22BrCl2NO3. The zero-order chi connectivity index (χ0) is 21.5. The van der Waals surface area contributed by atoms with Crippen molar-refractivity contribution in [1.29, 1.82) is 0 Å². The summed E-state index contributed by atoms with van der Waals surface area (Å²) in [7, 11) is 3.30. The summed E-state index contributed by atoms with van der Waals surface area (Å²) in [5, 5.41) is 4.47. The van der Waals surface area contributed by atoms with Gasteiger partial charge in [-0.1, -0.05) is 63.4 Å². The minimum atomic E-state index is 0.337. The third-order valence-electron chi connectivity index (χ3n) is 4.56. The summed E-state index contributed by atoms with van der Waals surface area (Å²) in [5.74, 6) is 2.18. The second kappa shape index (κ2) is 10.9. The van der Waals surface area contributed by atoms with Crippen molar-refractivity contribution in [2.24, 2.45) is 0 Å². The van der Waals surface area contributed by atoms with Crippen LogP contribution in [-0.2, 0) is 19.7 Å². The van der Waals surface area contributed by atoms with Gasteiger partial charge in [0.1, 0.15) is 12.4 Å². The SMILES string of the molecule is COc1ccccc1CNCc1c(Br)ccc(OC)c1OCc1ccc(Cl)c(Cl)c1. The van der Waals surface area contributed by atoms with Gasteiger partial charge in [0.15, 0.2) is 11.5 Å². The van der Waals surface area contributed by atoms with E-state index in [-0.39, 0.29) is 0 Å². The molecule has 0 amide bonds. The molecule has 3 aromatic carbocycles. The van der Waals surface area contributed by atoms with Crippen LogP contribution in [-0.4, -0.2) is 14.2 Å². The van der Waals surface area contributed by atoms with E-state index in [4.69, 9.17) is 37.4 Å². The second-order valence-corrected chi connectivity index (χ2v) is 8.18. The van der Waals surface area contributed by atoms with Crippen molar-refractivity contribution in [3.8, 4) is 17.2 Å². The van der Waals surface area contributed by atoms with Crippen LogP contribution in [0.2, 0.25) is 10.0 Å². The lowest BCUT2D eigenvalue weighted by atomic mass is 10.1. The highest BCUT2D eigenvalue weighted by atomic mass is 79.9. The van der Waals surface area contributed by atoms with E-state index >= 15 is 0 Å². The van der Waals surface area contributed by atoms with Gasteiger partial charge < -0.3 is 19.5 Å². The lowest BCUT2D eigenvalue weighted by Crippen LogP contribution is -2.15. The van der Waals surface area contributed by atoms with Crippen LogP contribution in [0, 0.1) is 0 Å². The Morgan fingerprint density at radius 2 is 1.63 bits per heavy atom. The van der Waals surface area contributed by atoms with E-state index in [0.717, 1.165) is 26.9 Å². The quantitative estimate of drug-likeness (QED) is 0.350. The second-order valence-electron chi connectivity index (χ2n) is 6.51. The lowest BCUT2D eigenvalue weighted by molar-refractivity contribution is 0.280. The molecule has 0 aromatic heterocycles. The first-order valence-electron chi connectivity index (χ1n) is 9.28. The maximum absolute atomic E-state index is 6.15. The topological polar surface area (TPSA) is 39.7 Å². The average Bonchev–Trinajstić information content (AvgIpc) is 2.76. The minimum Gasteiger partial charge on any atom is -0.496 e. The first kappa shape index (κ1) is 22.8. The zero-order valence-electron chi connectivity index (χ0n) is 16.7. The number of hydrogen-bond acceptors (Lipinski definition) is 4. The zero-order valence-corrected chi connectivity index (χ0v) is 19.8. The highest BCUT2D eigenvalue weighted by Gasteiger charge is 2.15. The predicted octanol–water partition coefficient (Wildman–Crippen LogP) is 6.64. The Bertz CT molecular complexity index is 1010. The monoisotopic (exact) mass is 509 g/mol. The van der Waals surface area contributed by atoms with Crippen LogP contribution in [0.4, 0.5) is 0 Å². The van der Waals surface area contributed by atoms with Crippen LogP contribution >= 0.6 is 39.1 Å². The maximum atomic E-state index is 6.15. The van der Waals surface area contributed by atoms with Gasteiger partial charge in [-0.25, -0.2) is 0 Å². The van der Waals surface area contributed by atoms with Gasteiger partial charge >= 0.3 is 0 Å². The van der Waals surface area contributed by atoms with E-state index in [1.165, 1.54) is 0 Å². The normalized spacial score (nSPS) is 10.7. The molecule has 0 atom stereocenters. The molecule has 3 aromatic rings. The lowest BCUT2D eigenvalue weighted by Gasteiger charge is -2.18. The van der Waals surface area contributed by atoms with Gasteiger partial charge in [-0.3, -0.25) is 0 Å². The Morgan fingerprint density at radius 1 is 0.867 bits per heavy atom. The average molecular weight is 511 g/mol. The summed E-state index contributed by atoms with van der Waals surface area (Å²) in [6, 6.07) is 17.2. The molecule has 4 nitrogen and oxygen atoms in total. The van der Waals surface area contributed by atoms with Crippen LogP contribution in [0.3, 0.4) is 0 Å². The van der Waals surface area contributed by atoms with Crippen LogP contribution in [0.15, 0.2) is 59.1 Å². The Labute approximate surface area is 195 Å². The van der Waals surface area contributed by atoms with Gasteiger partial charge in [-0.05, 0) is 35.9 Å². The summed E-state index contributed by atoms with van der Waals surface area (Å²) < 4.78 is 18.0. The van der Waals surface area contributed by atoms with E-state index in [1.807, 2.05) is 42.5 Å². The fourth-order valence-electron chi connectivity index (χ4n) is 3.02. The number of hydrogen-bond donors (Lipinski definition) is 1. The van der Waals surface area contributed by atoms with Crippen LogP contribution in [0.1, 0.15) is 16.7 Å². The van der Waals surface area contributed by atoms with Crippen molar-refractivity contribution in [3.05, 3.63) is 85.8 Å². The van der Waals surface area contributed by atoms with Gasteiger partial charge in [0.2, 0.25) is 0 Å². The number of halogens is 3. The fourth-order valence-corrected chi connectivity index (χ4v) is 3.80. The standard InChI is InChI=1S/C23H22BrCl2NO3/c1-28-21-6-4-3-5-16(21)12-27-13-17-18(24)8-10-22(29-2)23(17)30-14-15-7-9-19(25)20(26)11-15/h3-11,27H,12-14H2,1-2H3. The van der Waals surface area contributed by atoms with Gasteiger partial charge in [0.05, 0.1) is 24.3 Å². The largest absolute Gasteiger partial charge is 0.496 e. The summed E-state index contributed by atoms with van der Waals surface area (Å²) in [5.41, 5.74) is 2.96. The van der Waals surface area contributed by atoms with E-state index in [9.17, 15) is 0 Å². The molecule has 0 heterocycles. The molecule has 158 valence electrons. The Kier molecular flexibility index (Phi) is 8.28. The molecule has 0 radical (unpaired) electrons. The van der Waals surface area contributed by atoms with Gasteiger partial charge in [-0.2, -0.15) is 0 Å². The Balaban J connectivity index is 1.77. The highest BCUT2D eigenvalue weighted by Crippen LogP contribution is 2.37. The molecule has 3 rings (SSSR count). The molecule has 0 aliphatic carbocycles. The summed E-state index contributed by atoms with van der Waals surface area (Å²) in [4.78, 5) is 0. The molecule has 0 bridgehead atoms. The van der Waals surface area contributed by atoms with Crippen LogP contribution in [0.25, 0.3) is 0 Å². The molecule has 0 spiro atoms. The fraction of sp³-hybridized carbons (Fsp3) is 0.217. The van der Waals surface area contributed by atoms with Gasteiger partial charge in [0.25, 0.3) is 0 Å². The van der Waals surface area contributed by atoms with Crippen molar-refractivity contribution in [1.82, 2.24) is 5.32 Å². The van der Waals surface area contributed by atoms with Gasteiger partial charge in [0, 0.05) is 28.7 Å². The molecule has 1 N–H and O–H groups in total. The van der Waals surface area contributed by atoms with Gasteiger partial charge in [-0.15, -0.1) is 0 Å². The molecule has 7 heteroatoms.